The summed E-state index contributed by atoms with van der Waals surface area (Å²) in [5, 5.41) is 0. The van der Waals surface area contributed by atoms with Crippen LogP contribution in [-0.4, -0.2) is 9.97 Å². The van der Waals surface area contributed by atoms with E-state index in [0.717, 1.165) is 53.5 Å². The van der Waals surface area contributed by atoms with E-state index in [1.54, 1.807) is 0 Å². The van der Waals surface area contributed by atoms with Crippen molar-refractivity contribution < 1.29 is 0 Å². The van der Waals surface area contributed by atoms with Crippen LogP contribution in [0, 0.1) is 59.2 Å². The minimum Gasteiger partial charge on any atom is -0.258 e. The summed E-state index contributed by atoms with van der Waals surface area (Å²) < 4.78 is 0. The third kappa shape index (κ3) is 3.78. The Balaban J connectivity index is 1.29. The summed E-state index contributed by atoms with van der Waals surface area (Å²) >= 11 is 0. The highest BCUT2D eigenvalue weighted by Gasteiger charge is 2.58. The topological polar surface area (TPSA) is 25.8 Å². The summed E-state index contributed by atoms with van der Waals surface area (Å²) in [7, 11) is 0. The average molecular weight is 423 g/mol. The second-order valence-electron chi connectivity index (χ2n) is 12.9. The average Bonchev–Trinajstić information content (AvgIpc) is 3.12. The van der Waals surface area contributed by atoms with Crippen LogP contribution in [0.3, 0.4) is 0 Å². The summed E-state index contributed by atoms with van der Waals surface area (Å²) in [6.07, 6.45) is 20.0. The maximum atomic E-state index is 4.68. The van der Waals surface area contributed by atoms with Crippen molar-refractivity contribution in [2.24, 2.45) is 52.3 Å². The Bertz CT molecular complexity index is 771. The molecule has 0 N–H and O–H groups in total. The lowest BCUT2D eigenvalue weighted by Gasteiger charge is -2.58. The number of aryl methyl sites for hydroxylation is 1. The molecule has 0 radical (unpaired) electrons. The first kappa shape index (κ1) is 21.9. The van der Waals surface area contributed by atoms with E-state index in [2.05, 4.69) is 37.7 Å². The van der Waals surface area contributed by atoms with Crippen molar-refractivity contribution in [2.75, 3.05) is 0 Å². The molecule has 31 heavy (non-hydrogen) atoms. The van der Waals surface area contributed by atoms with E-state index in [4.69, 9.17) is 0 Å². The van der Waals surface area contributed by atoms with Crippen molar-refractivity contribution in [3.63, 3.8) is 0 Å². The van der Waals surface area contributed by atoms with Crippen molar-refractivity contribution in [1.82, 2.24) is 9.97 Å². The highest BCUT2D eigenvalue weighted by atomic mass is 14.8. The predicted molar refractivity (Wildman–Crippen MR) is 129 cm³/mol. The maximum absolute atomic E-state index is 4.68. The van der Waals surface area contributed by atoms with Gasteiger partial charge in [0.2, 0.25) is 0 Å². The van der Waals surface area contributed by atoms with Gasteiger partial charge < -0.3 is 0 Å². The number of rotatable bonds is 4. The third-order valence-corrected chi connectivity index (χ3v) is 11.3. The van der Waals surface area contributed by atoms with Crippen LogP contribution in [0.2, 0.25) is 0 Å². The third-order valence-electron chi connectivity index (χ3n) is 11.3. The minimum absolute atomic E-state index is 0.568. The first-order chi connectivity index (χ1) is 14.8. The highest BCUT2D eigenvalue weighted by molar-refractivity contribution is 5.09. The van der Waals surface area contributed by atoms with Crippen molar-refractivity contribution in [3.8, 4) is 0 Å². The molecule has 0 amide bonds. The Kier molecular flexibility index (Phi) is 5.75. The van der Waals surface area contributed by atoms with Crippen LogP contribution in [0.25, 0.3) is 0 Å². The van der Waals surface area contributed by atoms with Crippen LogP contribution in [-0.2, 0) is 6.42 Å². The summed E-state index contributed by atoms with van der Waals surface area (Å²) in [6.45, 7) is 12.2. The fraction of sp³-hybridized carbons (Fsp3) is 0.862. The fourth-order valence-corrected chi connectivity index (χ4v) is 9.48. The second kappa shape index (κ2) is 8.14. The van der Waals surface area contributed by atoms with E-state index >= 15 is 0 Å². The number of hydrogen-bond acceptors (Lipinski definition) is 2. The zero-order chi connectivity index (χ0) is 21.8. The Hall–Kier alpha value is -0.920. The molecule has 1 aromatic rings. The number of aromatic nitrogens is 2. The molecule has 0 spiro atoms. The number of fused-ring (bicyclic) bond motifs is 5. The molecule has 5 rings (SSSR count). The molecule has 172 valence electrons. The van der Waals surface area contributed by atoms with Gasteiger partial charge in [0, 0.05) is 12.4 Å². The first-order valence-corrected chi connectivity index (χ1v) is 13.6. The molecule has 4 aliphatic carbocycles. The summed E-state index contributed by atoms with van der Waals surface area (Å²) in [6, 6.07) is 0. The maximum Gasteiger partial charge on any atom is 0.0589 e. The standard InChI is InChI=1S/C29H46N2/c1-6-28(4)13-11-23-21(16-28)7-8-25-24(23)12-14-29(5)26(9-10-27(25)29)19(2)15-22-18-30-20(3)17-31-22/h17-19,21,23-27H,6-16H2,1-5H3/t19-,21?,23?,24?,25?,26?,27?,28-,29?/m1/s1. The largest absolute Gasteiger partial charge is 0.258 e. The molecule has 1 aromatic heterocycles. The zero-order valence-corrected chi connectivity index (χ0v) is 20.9. The van der Waals surface area contributed by atoms with Crippen LogP contribution in [0.4, 0.5) is 0 Å². The number of hydrogen-bond donors (Lipinski definition) is 0. The van der Waals surface area contributed by atoms with Gasteiger partial charge in [-0.15, -0.1) is 0 Å². The molecule has 2 nitrogen and oxygen atoms in total. The normalized spacial score (nSPS) is 45.5. The van der Waals surface area contributed by atoms with E-state index in [9.17, 15) is 0 Å². The lowest BCUT2D eigenvalue weighted by molar-refractivity contribution is -0.0830. The highest BCUT2D eigenvalue weighted by Crippen LogP contribution is 2.66. The van der Waals surface area contributed by atoms with E-state index in [1.165, 1.54) is 69.9 Å². The van der Waals surface area contributed by atoms with Gasteiger partial charge in [0.1, 0.15) is 0 Å². The van der Waals surface area contributed by atoms with E-state index in [1.807, 2.05) is 19.3 Å². The van der Waals surface area contributed by atoms with Gasteiger partial charge in [-0.2, -0.15) is 0 Å². The molecular formula is C29H46N2. The van der Waals surface area contributed by atoms with Crippen LogP contribution < -0.4 is 0 Å². The predicted octanol–water partition coefficient (Wildman–Crippen LogP) is 7.65. The van der Waals surface area contributed by atoms with Crippen LogP contribution in [0.1, 0.15) is 103 Å². The molecule has 4 aliphatic rings. The van der Waals surface area contributed by atoms with Gasteiger partial charge in [-0.25, -0.2) is 0 Å². The lowest BCUT2D eigenvalue weighted by Crippen LogP contribution is -2.50. The molecular weight excluding hydrogens is 376 g/mol. The monoisotopic (exact) mass is 422 g/mol. The second-order valence-corrected chi connectivity index (χ2v) is 12.9. The lowest BCUT2D eigenvalue weighted by atomic mass is 9.47. The van der Waals surface area contributed by atoms with Gasteiger partial charge in [0.05, 0.1) is 11.4 Å². The molecule has 0 aliphatic heterocycles. The fourth-order valence-electron chi connectivity index (χ4n) is 9.48. The van der Waals surface area contributed by atoms with Crippen LogP contribution in [0.15, 0.2) is 12.4 Å². The minimum atomic E-state index is 0.568. The van der Waals surface area contributed by atoms with E-state index in [-0.39, 0.29) is 0 Å². The van der Waals surface area contributed by atoms with Crippen LogP contribution >= 0.6 is 0 Å². The Morgan fingerprint density at radius 1 is 0.935 bits per heavy atom. The Labute approximate surface area is 191 Å². The van der Waals surface area contributed by atoms with Crippen molar-refractivity contribution in [2.45, 2.75) is 105 Å². The summed E-state index contributed by atoms with van der Waals surface area (Å²) in [5.74, 6) is 6.76. The van der Waals surface area contributed by atoms with Crippen molar-refractivity contribution in [3.05, 3.63) is 23.8 Å². The molecule has 1 heterocycles. The quantitative estimate of drug-likeness (QED) is 0.498. The summed E-state index contributed by atoms with van der Waals surface area (Å²) in [5.41, 5.74) is 3.43. The molecule has 4 fully saturated rings. The smallest absolute Gasteiger partial charge is 0.0589 e. The molecule has 0 saturated heterocycles. The van der Waals surface area contributed by atoms with Gasteiger partial charge in [0.15, 0.2) is 0 Å². The van der Waals surface area contributed by atoms with Gasteiger partial charge in [-0.3, -0.25) is 9.97 Å². The Morgan fingerprint density at radius 3 is 2.48 bits per heavy atom. The zero-order valence-electron chi connectivity index (χ0n) is 20.9. The number of nitrogens with zero attached hydrogens (tertiary/aromatic N) is 2. The molecule has 0 aromatic carbocycles. The Morgan fingerprint density at radius 2 is 1.74 bits per heavy atom. The van der Waals surface area contributed by atoms with Crippen molar-refractivity contribution >= 4 is 0 Å². The van der Waals surface area contributed by atoms with Gasteiger partial charge in [-0.1, -0.05) is 34.1 Å². The first-order valence-electron chi connectivity index (χ1n) is 13.6. The molecule has 4 saturated carbocycles. The summed E-state index contributed by atoms with van der Waals surface area (Å²) in [4.78, 5) is 9.19. The molecule has 7 unspecified atom stereocenters. The van der Waals surface area contributed by atoms with E-state index in [0.29, 0.717) is 10.8 Å². The van der Waals surface area contributed by atoms with Crippen LogP contribution in [0.5, 0.6) is 0 Å². The van der Waals surface area contributed by atoms with Crippen molar-refractivity contribution in [1.29, 1.82) is 0 Å². The SMILES string of the molecule is CC[C@]1(C)CCC2C(CCC3C2CCC2(C)C3CCC2[C@H](C)Cc2cnc(C)cn2)C1. The van der Waals surface area contributed by atoms with Gasteiger partial charge in [0.25, 0.3) is 0 Å². The van der Waals surface area contributed by atoms with Gasteiger partial charge >= 0.3 is 0 Å². The van der Waals surface area contributed by atoms with Gasteiger partial charge in [-0.05, 0) is 123 Å². The van der Waals surface area contributed by atoms with E-state index < -0.39 is 0 Å². The molecule has 9 atom stereocenters. The molecule has 0 bridgehead atoms. The molecule has 2 heteroatoms.